The quantitative estimate of drug-likeness (QED) is 0.421. The molecule has 2 N–H and O–H groups in total. The van der Waals surface area contributed by atoms with Gasteiger partial charge in [0.1, 0.15) is 6.61 Å². The molecule has 5 heteroatoms. The third-order valence-electron chi connectivity index (χ3n) is 0.566. The SMILES string of the molecule is O=C(CO)NC(=O)CS. The van der Waals surface area contributed by atoms with Crippen molar-refractivity contribution >= 4 is 24.4 Å². The maximum atomic E-state index is 10.3. The largest absolute Gasteiger partial charge is 0.387 e. The van der Waals surface area contributed by atoms with Crippen molar-refractivity contribution in [1.82, 2.24) is 5.32 Å². The Morgan fingerprint density at radius 1 is 1.44 bits per heavy atom. The fraction of sp³-hybridized carbons (Fsp3) is 0.500. The molecule has 9 heavy (non-hydrogen) atoms. The molecule has 2 amide bonds. The first-order valence-corrected chi connectivity index (χ1v) is 2.88. The summed E-state index contributed by atoms with van der Waals surface area (Å²) in [6, 6.07) is 0. The van der Waals surface area contributed by atoms with Gasteiger partial charge in [-0.25, -0.2) is 0 Å². The molecule has 0 aliphatic heterocycles. The van der Waals surface area contributed by atoms with Crippen molar-refractivity contribution in [2.24, 2.45) is 0 Å². The summed E-state index contributed by atoms with van der Waals surface area (Å²) in [6.45, 7) is -0.667. The van der Waals surface area contributed by atoms with Crippen LogP contribution in [-0.4, -0.2) is 29.3 Å². The first-order valence-electron chi connectivity index (χ1n) is 2.25. The fourth-order valence-corrected chi connectivity index (χ4v) is 0.314. The Balaban J connectivity index is 3.47. The lowest BCUT2D eigenvalue weighted by Gasteiger charge is -1.95. The van der Waals surface area contributed by atoms with Gasteiger partial charge in [0, 0.05) is 0 Å². The standard InChI is InChI=1S/C4H7NO3S/c6-1-3(7)5-4(8)2-9/h6,9H,1-2H2,(H,5,7,8). The van der Waals surface area contributed by atoms with E-state index in [0.717, 1.165) is 0 Å². The highest BCUT2D eigenvalue weighted by Crippen LogP contribution is 1.72. The fourth-order valence-electron chi connectivity index (χ4n) is 0.235. The van der Waals surface area contributed by atoms with Crippen molar-refractivity contribution in [3.8, 4) is 0 Å². The van der Waals surface area contributed by atoms with E-state index in [1.54, 1.807) is 0 Å². The molecular weight excluding hydrogens is 142 g/mol. The van der Waals surface area contributed by atoms with Crippen molar-refractivity contribution in [2.75, 3.05) is 12.4 Å². The van der Waals surface area contributed by atoms with Crippen LogP contribution in [-0.2, 0) is 9.59 Å². The monoisotopic (exact) mass is 149 g/mol. The Morgan fingerprint density at radius 2 is 2.00 bits per heavy atom. The van der Waals surface area contributed by atoms with Crippen molar-refractivity contribution in [2.45, 2.75) is 0 Å². The highest BCUT2D eigenvalue weighted by molar-refractivity contribution is 7.81. The minimum atomic E-state index is -0.700. The molecule has 0 saturated carbocycles. The molecule has 0 aromatic heterocycles. The van der Waals surface area contributed by atoms with Crippen LogP contribution in [0.5, 0.6) is 0 Å². The van der Waals surface area contributed by atoms with E-state index in [0.29, 0.717) is 0 Å². The van der Waals surface area contributed by atoms with Gasteiger partial charge < -0.3 is 5.11 Å². The van der Waals surface area contributed by atoms with E-state index < -0.39 is 18.4 Å². The van der Waals surface area contributed by atoms with Gasteiger partial charge in [-0.2, -0.15) is 12.6 Å². The first kappa shape index (κ1) is 8.45. The van der Waals surface area contributed by atoms with Crippen molar-refractivity contribution < 1.29 is 14.7 Å². The number of rotatable bonds is 2. The average Bonchev–Trinajstić information content (AvgIpc) is 1.87. The molecule has 0 aliphatic rings. The van der Waals surface area contributed by atoms with Gasteiger partial charge in [0.25, 0.3) is 5.91 Å². The molecular formula is C4H7NO3S. The van der Waals surface area contributed by atoms with Gasteiger partial charge in [0.2, 0.25) is 5.91 Å². The van der Waals surface area contributed by atoms with Gasteiger partial charge in [0.15, 0.2) is 0 Å². The molecule has 0 aromatic carbocycles. The van der Waals surface area contributed by atoms with Crippen LogP contribution >= 0.6 is 12.6 Å². The number of imide groups is 1. The molecule has 0 unspecified atom stereocenters. The normalized spacial score (nSPS) is 8.67. The lowest BCUT2D eigenvalue weighted by atomic mass is 10.6. The number of nitrogens with one attached hydrogen (secondary N) is 1. The second-order valence-electron chi connectivity index (χ2n) is 1.29. The van der Waals surface area contributed by atoms with Crippen LogP contribution in [0.3, 0.4) is 0 Å². The third-order valence-corrected chi connectivity index (χ3v) is 0.853. The van der Waals surface area contributed by atoms with Crippen molar-refractivity contribution in [3.05, 3.63) is 0 Å². The Hall–Kier alpha value is -0.550. The van der Waals surface area contributed by atoms with E-state index in [2.05, 4.69) is 12.6 Å². The van der Waals surface area contributed by atoms with Gasteiger partial charge in [-0.05, 0) is 0 Å². The minimum absolute atomic E-state index is 0.0499. The summed E-state index contributed by atoms with van der Waals surface area (Å²) < 4.78 is 0. The minimum Gasteiger partial charge on any atom is -0.387 e. The molecule has 52 valence electrons. The summed E-state index contributed by atoms with van der Waals surface area (Å²) in [7, 11) is 0. The topological polar surface area (TPSA) is 66.4 Å². The van der Waals surface area contributed by atoms with Gasteiger partial charge in [-0.3, -0.25) is 14.9 Å². The number of carbonyl (C=O) groups excluding carboxylic acids is 2. The van der Waals surface area contributed by atoms with Crippen LogP contribution in [0.15, 0.2) is 0 Å². The zero-order valence-corrected chi connectivity index (χ0v) is 5.52. The predicted molar refractivity (Wildman–Crippen MR) is 34.1 cm³/mol. The molecule has 0 saturated heterocycles. The number of hydrogen-bond acceptors (Lipinski definition) is 4. The average molecular weight is 149 g/mol. The molecule has 0 bridgehead atoms. The maximum absolute atomic E-state index is 10.3. The van der Waals surface area contributed by atoms with E-state index in [1.165, 1.54) is 0 Å². The Kier molecular flexibility index (Phi) is 4.08. The smallest absolute Gasteiger partial charge is 0.252 e. The summed E-state index contributed by atoms with van der Waals surface area (Å²) in [5.41, 5.74) is 0. The number of amides is 2. The number of thiol groups is 1. The molecule has 0 atom stereocenters. The molecule has 0 radical (unpaired) electrons. The third kappa shape index (κ3) is 3.99. The summed E-state index contributed by atoms with van der Waals surface area (Å²) in [5.74, 6) is -1.25. The molecule has 0 rings (SSSR count). The van der Waals surface area contributed by atoms with Gasteiger partial charge in [-0.1, -0.05) is 0 Å². The summed E-state index contributed by atoms with van der Waals surface area (Å²) in [6.07, 6.45) is 0. The summed E-state index contributed by atoms with van der Waals surface area (Å²) >= 11 is 3.58. The Bertz CT molecular complexity index is 111. The molecule has 0 aliphatic carbocycles. The Morgan fingerprint density at radius 3 is 2.33 bits per heavy atom. The first-order chi connectivity index (χ1) is 4.20. The van der Waals surface area contributed by atoms with Crippen LogP contribution in [0.2, 0.25) is 0 Å². The zero-order valence-electron chi connectivity index (χ0n) is 4.63. The Labute approximate surface area is 57.7 Å². The number of aliphatic hydroxyl groups excluding tert-OH is 1. The zero-order chi connectivity index (χ0) is 7.28. The number of hydrogen-bond donors (Lipinski definition) is 3. The molecule has 0 spiro atoms. The van der Waals surface area contributed by atoms with Crippen LogP contribution in [0.4, 0.5) is 0 Å². The maximum Gasteiger partial charge on any atom is 0.252 e. The summed E-state index contributed by atoms with van der Waals surface area (Å²) in [4.78, 5) is 20.4. The number of carbonyl (C=O) groups is 2. The van der Waals surface area contributed by atoms with E-state index in [9.17, 15) is 9.59 Å². The second kappa shape index (κ2) is 4.34. The van der Waals surface area contributed by atoms with Crippen LogP contribution in [0.1, 0.15) is 0 Å². The van der Waals surface area contributed by atoms with Crippen LogP contribution in [0.25, 0.3) is 0 Å². The highest BCUT2D eigenvalue weighted by atomic mass is 32.1. The molecule has 4 nitrogen and oxygen atoms in total. The van der Waals surface area contributed by atoms with E-state index in [4.69, 9.17) is 5.11 Å². The van der Waals surface area contributed by atoms with Crippen molar-refractivity contribution in [1.29, 1.82) is 0 Å². The second-order valence-corrected chi connectivity index (χ2v) is 1.60. The van der Waals surface area contributed by atoms with Gasteiger partial charge >= 0.3 is 0 Å². The van der Waals surface area contributed by atoms with Gasteiger partial charge in [-0.15, -0.1) is 0 Å². The van der Waals surface area contributed by atoms with E-state index in [1.807, 2.05) is 5.32 Å². The lowest BCUT2D eigenvalue weighted by Crippen LogP contribution is -2.33. The molecule has 0 heterocycles. The number of aliphatic hydroxyl groups is 1. The van der Waals surface area contributed by atoms with Crippen LogP contribution in [0, 0.1) is 0 Å². The van der Waals surface area contributed by atoms with Crippen molar-refractivity contribution in [3.63, 3.8) is 0 Å². The highest BCUT2D eigenvalue weighted by Gasteiger charge is 2.01. The summed E-state index contributed by atoms with van der Waals surface area (Å²) in [5, 5.41) is 9.96. The molecule has 0 aromatic rings. The van der Waals surface area contributed by atoms with E-state index >= 15 is 0 Å². The lowest BCUT2D eigenvalue weighted by molar-refractivity contribution is -0.130. The van der Waals surface area contributed by atoms with E-state index in [-0.39, 0.29) is 5.75 Å². The van der Waals surface area contributed by atoms with Gasteiger partial charge in [0.05, 0.1) is 5.75 Å². The molecule has 0 fully saturated rings. The predicted octanol–water partition coefficient (Wildman–Crippen LogP) is -1.45. The van der Waals surface area contributed by atoms with Crippen LogP contribution < -0.4 is 5.32 Å².